The van der Waals surface area contributed by atoms with Crippen LogP contribution in [0.5, 0.6) is 0 Å². The summed E-state index contributed by atoms with van der Waals surface area (Å²) in [4.78, 5) is 11.4. The van der Waals surface area contributed by atoms with E-state index in [1.165, 1.54) is 5.56 Å². The van der Waals surface area contributed by atoms with Gasteiger partial charge in [-0.25, -0.2) is 4.79 Å². The van der Waals surface area contributed by atoms with Crippen LogP contribution < -0.4 is 10.6 Å². The van der Waals surface area contributed by atoms with Crippen molar-refractivity contribution in [2.75, 3.05) is 6.54 Å². The summed E-state index contributed by atoms with van der Waals surface area (Å²) in [5.74, 6) is 0. The first-order valence-electron chi connectivity index (χ1n) is 5.93. The van der Waals surface area contributed by atoms with E-state index in [0.717, 1.165) is 18.5 Å². The number of aromatic nitrogens is 2. The predicted octanol–water partition coefficient (Wildman–Crippen LogP) is 1.75. The average molecular weight is 238 g/mol. The Morgan fingerprint density at radius 1 is 1.47 bits per heavy atom. The first-order chi connectivity index (χ1) is 7.88. The number of hydrogen-bond donors (Lipinski definition) is 3. The van der Waals surface area contributed by atoms with Gasteiger partial charge in [0.2, 0.25) is 0 Å². The number of carbonyl (C=O) groups excluding carboxylic acids is 1. The van der Waals surface area contributed by atoms with Gasteiger partial charge in [0, 0.05) is 17.8 Å². The Kier molecular flexibility index (Phi) is 4.54. The smallest absolute Gasteiger partial charge is 0.315 e. The molecule has 17 heavy (non-hydrogen) atoms. The number of hydrogen-bond acceptors (Lipinski definition) is 2. The minimum Gasteiger partial charge on any atom is -0.338 e. The number of aryl methyl sites for hydroxylation is 2. The third-order valence-electron chi connectivity index (χ3n) is 2.33. The van der Waals surface area contributed by atoms with E-state index in [9.17, 15) is 4.79 Å². The second-order valence-electron chi connectivity index (χ2n) is 5.25. The van der Waals surface area contributed by atoms with Crippen LogP contribution in [-0.4, -0.2) is 28.3 Å². The normalized spacial score (nSPS) is 11.3. The maximum Gasteiger partial charge on any atom is 0.315 e. The summed E-state index contributed by atoms with van der Waals surface area (Å²) in [6.45, 7) is 8.55. The first kappa shape index (κ1) is 13.5. The Labute approximate surface area is 102 Å². The molecule has 0 bridgehead atoms. The van der Waals surface area contributed by atoms with Gasteiger partial charge in [-0.15, -0.1) is 0 Å². The average Bonchev–Trinajstić information content (AvgIpc) is 2.56. The van der Waals surface area contributed by atoms with Gasteiger partial charge in [0.1, 0.15) is 0 Å². The highest BCUT2D eigenvalue weighted by Crippen LogP contribution is 2.05. The van der Waals surface area contributed by atoms with Crippen LogP contribution in [-0.2, 0) is 6.42 Å². The molecule has 0 aromatic carbocycles. The fourth-order valence-electron chi connectivity index (χ4n) is 1.49. The van der Waals surface area contributed by atoms with Crippen LogP contribution in [0.4, 0.5) is 4.79 Å². The molecule has 96 valence electrons. The second-order valence-corrected chi connectivity index (χ2v) is 5.25. The van der Waals surface area contributed by atoms with Crippen molar-refractivity contribution in [2.24, 2.45) is 0 Å². The Morgan fingerprint density at radius 3 is 2.71 bits per heavy atom. The molecule has 1 aromatic rings. The number of rotatable bonds is 4. The lowest BCUT2D eigenvalue weighted by atomic mass is 10.1. The fourth-order valence-corrected chi connectivity index (χ4v) is 1.49. The molecule has 5 nitrogen and oxygen atoms in total. The molecule has 0 aliphatic heterocycles. The molecule has 1 aromatic heterocycles. The molecule has 0 fully saturated rings. The number of nitrogens with zero attached hydrogens (tertiary/aromatic N) is 1. The molecule has 0 saturated carbocycles. The topological polar surface area (TPSA) is 69.8 Å². The molecule has 0 radical (unpaired) electrons. The highest BCUT2D eigenvalue weighted by atomic mass is 16.2. The molecule has 0 spiro atoms. The summed E-state index contributed by atoms with van der Waals surface area (Å²) in [6, 6.07) is -0.110. The van der Waals surface area contributed by atoms with E-state index < -0.39 is 0 Å². The molecule has 0 aliphatic rings. The Hall–Kier alpha value is -1.52. The van der Waals surface area contributed by atoms with Crippen LogP contribution in [0.1, 0.15) is 38.4 Å². The highest BCUT2D eigenvalue weighted by Gasteiger charge is 2.12. The Balaban J connectivity index is 2.17. The number of nitrogens with one attached hydrogen (secondary N) is 3. The van der Waals surface area contributed by atoms with E-state index in [-0.39, 0.29) is 11.6 Å². The van der Waals surface area contributed by atoms with Gasteiger partial charge in [-0.2, -0.15) is 5.10 Å². The Morgan fingerprint density at radius 2 is 2.18 bits per heavy atom. The van der Waals surface area contributed by atoms with Gasteiger partial charge in [0.05, 0.1) is 6.20 Å². The second kappa shape index (κ2) is 5.70. The van der Waals surface area contributed by atoms with E-state index in [1.54, 1.807) is 0 Å². The van der Waals surface area contributed by atoms with Crippen molar-refractivity contribution in [3.05, 3.63) is 17.5 Å². The molecule has 0 atom stereocenters. The van der Waals surface area contributed by atoms with Crippen LogP contribution >= 0.6 is 0 Å². The number of aromatic amines is 1. The minimum atomic E-state index is -0.189. The zero-order chi connectivity index (χ0) is 12.9. The maximum atomic E-state index is 11.4. The molecule has 5 heteroatoms. The number of H-pyrrole nitrogens is 1. The van der Waals surface area contributed by atoms with Crippen molar-refractivity contribution in [3.8, 4) is 0 Å². The van der Waals surface area contributed by atoms with Crippen LogP contribution in [0.25, 0.3) is 0 Å². The molecule has 0 unspecified atom stereocenters. The van der Waals surface area contributed by atoms with E-state index in [1.807, 2.05) is 33.9 Å². The van der Waals surface area contributed by atoms with Crippen molar-refractivity contribution in [3.63, 3.8) is 0 Å². The first-order valence-corrected chi connectivity index (χ1v) is 5.93. The molecule has 3 N–H and O–H groups in total. The summed E-state index contributed by atoms with van der Waals surface area (Å²) >= 11 is 0. The monoisotopic (exact) mass is 238 g/mol. The maximum absolute atomic E-state index is 11.4. The van der Waals surface area contributed by atoms with Crippen LogP contribution in [0, 0.1) is 6.92 Å². The SMILES string of the molecule is Cc1[nH]ncc1CCCNC(=O)NC(C)(C)C. The van der Waals surface area contributed by atoms with Crippen molar-refractivity contribution in [2.45, 2.75) is 46.1 Å². The van der Waals surface area contributed by atoms with Gasteiger partial charge < -0.3 is 10.6 Å². The van der Waals surface area contributed by atoms with Gasteiger partial charge in [0.15, 0.2) is 0 Å². The van der Waals surface area contributed by atoms with Crippen LogP contribution in [0.3, 0.4) is 0 Å². The molecular weight excluding hydrogens is 216 g/mol. The van der Waals surface area contributed by atoms with E-state index in [2.05, 4.69) is 20.8 Å². The van der Waals surface area contributed by atoms with Crippen LogP contribution in [0.2, 0.25) is 0 Å². The van der Waals surface area contributed by atoms with Crippen molar-refractivity contribution < 1.29 is 4.79 Å². The van der Waals surface area contributed by atoms with Gasteiger partial charge in [-0.3, -0.25) is 5.10 Å². The van der Waals surface area contributed by atoms with Gasteiger partial charge >= 0.3 is 6.03 Å². The molecule has 2 amide bonds. The minimum absolute atomic E-state index is 0.110. The largest absolute Gasteiger partial charge is 0.338 e. The van der Waals surface area contributed by atoms with E-state index in [0.29, 0.717) is 6.54 Å². The summed E-state index contributed by atoms with van der Waals surface area (Å²) in [5, 5.41) is 12.6. The standard InChI is InChI=1S/C12H22N4O/c1-9-10(8-14-16-9)6-5-7-13-11(17)15-12(2,3)4/h8H,5-7H2,1-4H3,(H,14,16)(H2,13,15,17). The highest BCUT2D eigenvalue weighted by molar-refractivity contribution is 5.74. The Bertz CT molecular complexity index is 365. The quantitative estimate of drug-likeness (QED) is 0.699. The predicted molar refractivity (Wildman–Crippen MR) is 67.9 cm³/mol. The van der Waals surface area contributed by atoms with Gasteiger partial charge in [0.25, 0.3) is 0 Å². The number of amides is 2. The molecule has 0 saturated heterocycles. The lowest BCUT2D eigenvalue weighted by Crippen LogP contribution is -2.46. The summed E-state index contributed by atoms with van der Waals surface area (Å²) in [7, 11) is 0. The van der Waals surface area contributed by atoms with Crippen LogP contribution in [0.15, 0.2) is 6.20 Å². The molecule has 1 heterocycles. The lowest BCUT2D eigenvalue weighted by molar-refractivity contribution is 0.232. The number of urea groups is 1. The summed E-state index contributed by atoms with van der Waals surface area (Å²) in [6.07, 6.45) is 3.68. The molecule has 1 rings (SSSR count). The van der Waals surface area contributed by atoms with E-state index >= 15 is 0 Å². The van der Waals surface area contributed by atoms with Gasteiger partial charge in [-0.05, 0) is 46.1 Å². The molecule has 0 aliphatic carbocycles. The van der Waals surface area contributed by atoms with E-state index in [4.69, 9.17) is 0 Å². The third-order valence-corrected chi connectivity index (χ3v) is 2.33. The van der Waals surface area contributed by atoms with Crippen molar-refractivity contribution in [1.29, 1.82) is 0 Å². The lowest BCUT2D eigenvalue weighted by Gasteiger charge is -2.20. The van der Waals surface area contributed by atoms with Crippen molar-refractivity contribution >= 4 is 6.03 Å². The third kappa shape index (κ3) is 5.38. The fraction of sp³-hybridized carbons (Fsp3) is 0.667. The zero-order valence-corrected chi connectivity index (χ0v) is 11.1. The van der Waals surface area contributed by atoms with Gasteiger partial charge in [-0.1, -0.05) is 0 Å². The zero-order valence-electron chi connectivity index (χ0n) is 11.1. The number of carbonyl (C=O) groups is 1. The molecular formula is C12H22N4O. The summed E-state index contributed by atoms with van der Waals surface area (Å²) < 4.78 is 0. The van der Waals surface area contributed by atoms with Crippen molar-refractivity contribution in [1.82, 2.24) is 20.8 Å². The summed E-state index contributed by atoms with van der Waals surface area (Å²) in [5.41, 5.74) is 2.12.